The van der Waals surface area contributed by atoms with Crippen molar-refractivity contribution < 1.29 is 13.2 Å². The van der Waals surface area contributed by atoms with Gasteiger partial charge in [0, 0.05) is 24.8 Å². The van der Waals surface area contributed by atoms with Gasteiger partial charge in [0.2, 0.25) is 0 Å². The molecule has 0 radical (unpaired) electrons. The summed E-state index contributed by atoms with van der Waals surface area (Å²) in [6, 6.07) is 4.87. The molecule has 0 atom stereocenters. The van der Waals surface area contributed by atoms with Gasteiger partial charge >= 0.3 is 6.18 Å². The Kier molecular flexibility index (Phi) is 3.94. The molecule has 1 aromatic carbocycles. The quantitative estimate of drug-likeness (QED) is 0.928. The Bertz CT molecular complexity index is 603. The zero-order valence-electron chi connectivity index (χ0n) is 10.9. The summed E-state index contributed by atoms with van der Waals surface area (Å²) in [5.41, 5.74) is 1.54. The van der Waals surface area contributed by atoms with E-state index in [1.54, 1.807) is 11.7 Å². The van der Waals surface area contributed by atoms with Crippen molar-refractivity contribution >= 4 is 17.3 Å². The van der Waals surface area contributed by atoms with Crippen molar-refractivity contribution in [2.75, 3.05) is 5.32 Å². The third kappa shape index (κ3) is 3.07. The lowest BCUT2D eigenvalue weighted by Gasteiger charge is -2.09. The maximum absolute atomic E-state index is 12.4. The monoisotopic (exact) mass is 303 g/mol. The molecule has 7 heteroatoms. The van der Waals surface area contributed by atoms with Crippen LogP contribution in [0.5, 0.6) is 0 Å². The van der Waals surface area contributed by atoms with Gasteiger partial charge in [-0.15, -0.1) is 0 Å². The van der Waals surface area contributed by atoms with Crippen molar-refractivity contribution in [1.82, 2.24) is 9.78 Å². The average molecular weight is 304 g/mol. The highest BCUT2D eigenvalue weighted by molar-refractivity contribution is 6.30. The number of aromatic nitrogens is 2. The maximum atomic E-state index is 12.4. The molecule has 3 nitrogen and oxygen atoms in total. The van der Waals surface area contributed by atoms with Crippen LogP contribution in [0.2, 0.25) is 5.15 Å². The highest BCUT2D eigenvalue weighted by atomic mass is 35.5. The summed E-state index contributed by atoms with van der Waals surface area (Å²) >= 11 is 6.08. The molecule has 0 bridgehead atoms. The Hall–Kier alpha value is -1.69. The second-order valence-corrected chi connectivity index (χ2v) is 4.77. The number of halogens is 4. The lowest BCUT2D eigenvalue weighted by molar-refractivity contribution is -0.137. The minimum Gasteiger partial charge on any atom is -0.381 e. The molecular weight excluding hydrogens is 291 g/mol. The van der Waals surface area contributed by atoms with Crippen LogP contribution in [0.1, 0.15) is 16.8 Å². The Morgan fingerprint density at radius 3 is 2.30 bits per heavy atom. The summed E-state index contributed by atoms with van der Waals surface area (Å²) in [6.45, 7) is 2.24. The Balaban J connectivity index is 2.08. The van der Waals surface area contributed by atoms with E-state index in [1.165, 1.54) is 12.1 Å². The van der Waals surface area contributed by atoms with Crippen LogP contribution in [0, 0.1) is 6.92 Å². The van der Waals surface area contributed by atoms with Crippen LogP contribution in [0.4, 0.5) is 18.9 Å². The zero-order chi connectivity index (χ0) is 14.9. The summed E-state index contributed by atoms with van der Waals surface area (Å²) in [5, 5.41) is 7.71. The number of nitrogens with one attached hydrogen (secondary N) is 1. The summed E-state index contributed by atoms with van der Waals surface area (Å²) < 4.78 is 38.8. The van der Waals surface area contributed by atoms with Gasteiger partial charge in [0.15, 0.2) is 0 Å². The van der Waals surface area contributed by atoms with E-state index in [0.29, 0.717) is 17.4 Å². The van der Waals surface area contributed by atoms with Crippen molar-refractivity contribution in [3.05, 3.63) is 46.2 Å². The molecular formula is C13H13ClF3N3. The van der Waals surface area contributed by atoms with E-state index in [1.807, 2.05) is 6.92 Å². The highest BCUT2D eigenvalue weighted by Gasteiger charge is 2.29. The van der Waals surface area contributed by atoms with E-state index in [2.05, 4.69) is 10.4 Å². The van der Waals surface area contributed by atoms with E-state index in [9.17, 15) is 13.2 Å². The van der Waals surface area contributed by atoms with Crippen molar-refractivity contribution in [3.8, 4) is 0 Å². The van der Waals surface area contributed by atoms with Crippen molar-refractivity contribution in [1.29, 1.82) is 0 Å². The molecule has 0 amide bonds. The molecule has 1 heterocycles. The molecule has 0 saturated carbocycles. The minimum atomic E-state index is -4.32. The van der Waals surface area contributed by atoms with Crippen molar-refractivity contribution in [2.45, 2.75) is 19.6 Å². The Labute approximate surface area is 119 Å². The molecule has 0 spiro atoms. The Morgan fingerprint density at radius 2 is 1.85 bits per heavy atom. The number of benzene rings is 1. The SMILES string of the molecule is Cc1nn(C)c(Cl)c1CNc1ccc(C(F)(F)F)cc1. The molecule has 0 saturated heterocycles. The summed E-state index contributed by atoms with van der Waals surface area (Å²) in [4.78, 5) is 0. The highest BCUT2D eigenvalue weighted by Crippen LogP contribution is 2.30. The first kappa shape index (κ1) is 14.7. The van der Waals surface area contributed by atoms with Crippen LogP contribution in [-0.2, 0) is 19.8 Å². The molecule has 0 fully saturated rings. The second-order valence-electron chi connectivity index (χ2n) is 4.41. The van der Waals surface area contributed by atoms with E-state index in [4.69, 9.17) is 11.6 Å². The van der Waals surface area contributed by atoms with Crippen LogP contribution < -0.4 is 5.32 Å². The number of rotatable bonds is 3. The van der Waals surface area contributed by atoms with E-state index >= 15 is 0 Å². The largest absolute Gasteiger partial charge is 0.416 e. The van der Waals surface area contributed by atoms with Gasteiger partial charge in [0.05, 0.1) is 11.3 Å². The Morgan fingerprint density at radius 1 is 1.25 bits per heavy atom. The predicted octanol–water partition coefficient (Wildman–Crippen LogP) is 4.01. The topological polar surface area (TPSA) is 29.9 Å². The standard InChI is InChI=1S/C13H13ClF3N3/c1-8-11(12(14)20(2)19-8)7-18-10-5-3-9(4-6-10)13(15,16)17/h3-6,18H,7H2,1-2H3. The first-order chi connectivity index (χ1) is 9.29. The van der Waals surface area contributed by atoms with E-state index < -0.39 is 11.7 Å². The van der Waals surface area contributed by atoms with Crippen molar-refractivity contribution in [3.63, 3.8) is 0 Å². The molecule has 1 aromatic heterocycles. The number of aryl methyl sites for hydroxylation is 2. The lowest BCUT2D eigenvalue weighted by atomic mass is 10.2. The number of hydrogen-bond donors (Lipinski definition) is 1. The van der Waals surface area contributed by atoms with Gasteiger partial charge in [-0.2, -0.15) is 18.3 Å². The number of alkyl halides is 3. The lowest BCUT2D eigenvalue weighted by Crippen LogP contribution is -2.05. The van der Waals surface area contributed by atoms with Gasteiger partial charge in [-0.1, -0.05) is 11.6 Å². The van der Waals surface area contributed by atoms with Gasteiger partial charge in [0.1, 0.15) is 5.15 Å². The minimum absolute atomic E-state index is 0.407. The molecule has 0 aliphatic rings. The summed E-state index contributed by atoms with van der Waals surface area (Å²) in [6.07, 6.45) is -4.32. The van der Waals surface area contributed by atoms with Crippen molar-refractivity contribution in [2.24, 2.45) is 7.05 Å². The molecule has 1 N–H and O–H groups in total. The molecule has 2 rings (SSSR count). The fourth-order valence-electron chi connectivity index (χ4n) is 1.84. The first-order valence-electron chi connectivity index (χ1n) is 5.88. The molecule has 20 heavy (non-hydrogen) atoms. The van der Waals surface area contributed by atoms with Crippen LogP contribution in [0.15, 0.2) is 24.3 Å². The van der Waals surface area contributed by atoms with Gasteiger partial charge in [-0.3, -0.25) is 4.68 Å². The van der Waals surface area contributed by atoms with E-state index in [0.717, 1.165) is 23.4 Å². The normalized spacial score (nSPS) is 11.7. The number of anilines is 1. The van der Waals surface area contributed by atoms with Crippen LogP contribution in [-0.4, -0.2) is 9.78 Å². The third-order valence-corrected chi connectivity index (χ3v) is 3.42. The fraction of sp³-hybridized carbons (Fsp3) is 0.308. The first-order valence-corrected chi connectivity index (χ1v) is 6.26. The van der Waals surface area contributed by atoms with Gasteiger partial charge in [-0.25, -0.2) is 0 Å². The van der Waals surface area contributed by atoms with Gasteiger partial charge < -0.3 is 5.32 Å². The van der Waals surface area contributed by atoms with Gasteiger partial charge in [-0.05, 0) is 31.2 Å². The predicted molar refractivity (Wildman–Crippen MR) is 71.7 cm³/mol. The average Bonchev–Trinajstić information content (AvgIpc) is 2.61. The number of nitrogens with zero attached hydrogens (tertiary/aromatic N) is 2. The summed E-state index contributed by atoms with van der Waals surface area (Å²) in [5.74, 6) is 0. The van der Waals surface area contributed by atoms with Crippen LogP contribution in [0.3, 0.4) is 0 Å². The maximum Gasteiger partial charge on any atom is 0.416 e. The fourth-order valence-corrected chi connectivity index (χ4v) is 2.08. The molecule has 0 aliphatic carbocycles. The summed E-state index contributed by atoms with van der Waals surface area (Å²) in [7, 11) is 1.73. The molecule has 2 aromatic rings. The molecule has 0 unspecified atom stereocenters. The van der Waals surface area contributed by atoms with Crippen LogP contribution in [0.25, 0.3) is 0 Å². The number of hydrogen-bond acceptors (Lipinski definition) is 2. The zero-order valence-corrected chi connectivity index (χ0v) is 11.7. The third-order valence-electron chi connectivity index (χ3n) is 2.95. The van der Waals surface area contributed by atoms with Crippen LogP contribution >= 0.6 is 11.6 Å². The van der Waals surface area contributed by atoms with Gasteiger partial charge in [0.25, 0.3) is 0 Å². The molecule has 108 valence electrons. The second kappa shape index (κ2) is 5.36. The molecule has 0 aliphatic heterocycles. The smallest absolute Gasteiger partial charge is 0.381 e. The van der Waals surface area contributed by atoms with E-state index in [-0.39, 0.29) is 0 Å².